The van der Waals surface area contributed by atoms with E-state index in [1.54, 1.807) is 24.4 Å². The smallest absolute Gasteiger partial charge is 0.409 e. The molecule has 0 bridgehead atoms. The van der Waals surface area contributed by atoms with Gasteiger partial charge < -0.3 is 5.11 Å². The van der Waals surface area contributed by atoms with Crippen molar-refractivity contribution in [2.75, 3.05) is 0 Å². The lowest BCUT2D eigenvalue weighted by Gasteiger charge is -1.97. The third-order valence-electron chi connectivity index (χ3n) is 1.91. The zero-order chi connectivity index (χ0) is 13.8. The minimum Gasteiger partial charge on any atom is -0.465 e. The number of amides is 1. The Morgan fingerprint density at radius 2 is 1.84 bits per heavy atom. The normalized spacial score (nSPS) is 15.7. The molecule has 98 valence electrons. The fraction of sp³-hybridized carbons (Fsp3) is 0.0714. The van der Waals surface area contributed by atoms with Gasteiger partial charge in [-0.05, 0) is 6.08 Å². The second-order valence-corrected chi connectivity index (χ2v) is 3.39. The molecule has 0 fully saturated rings. The van der Waals surface area contributed by atoms with Gasteiger partial charge in [0.15, 0.2) is 0 Å². The van der Waals surface area contributed by atoms with E-state index in [1.165, 1.54) is 18.6 Å². The minimum absolute atomic E-state index is 0.371. The summed E-state index contributed by atoms with van der Waals surface area (Å²) in [7, 11) is 0. The molecule has 1 rings (SSSR count). The molecular weight excluding hydrogens is 242 g/mol. The molecular formula is C14H15N3O2. The van der Waals surface area contributed by atoms with Crippen LogP contribution in [-0.4, -0.2) is 23.6 Å². The number of carboxylic acid groups (broad SMARTS) is 1. The number of rotatable bonds is 1. The molecule has 1 aliphatic heterocycles. The van der Waals surface area contributed by atoms with E-state index in [-0.39, 0.29) is 0 Å². The second kappa shape index (κ2) is 9.35. The molecule has 5 nitrogen and oxygen atoms in total. The molecule has 1 aliphatic rings. The van der Waals surface area contributed by atoms with Crippen LogP contribution in [0.3, 0.4) is 0 Å². The van der Waals surface area contributed by atoms with Gasteiger partial charge in [-0.1, -0.05) is 36.5 Å². The Hall–Kier alpha value is -2.69. The number of aliphatic imine (C=N–C) groups is 2. The average molecular weight is 257 g/mol. The van der Waals surface area contributed by atoms with Crippen LogP contribution in [0.15, 0.2) is 70.6 Å². The third kappa shape index (κ3) is 8.09. The van der Waals surface area contributed by atoms with Gasteiger partial charge in [-0.2, -0.15) is 0 Å². The molecule has 5 heteroatoms. The van der Waals surface area contributed by atoms with Crippen LogP contribution in [0.2, 0.25) is 0 Å². The average Bonchev–Trinajstić information content (AvgIpc) is 2.38. The summed E-state index contributed by atoms with van der Waals surface area (Å²) in [6.45, 7) is 0. The van der Waals surface area contributed by atoms with E-state index in [4.69, 9.17) is 5.11 Å². The van der Waals surface area contributed by atoms with Crippen molar-refractivity contribution in [2.24, 2.45) is 9.98 Å². The standard InChI is InChI=1S/C14H15N3O2/c18-14(19)17-13-8-6-4-2-1-3-5-7-9-15-10-11-16-12-13/h1-6,8-12,17H,7H2,(H,18,19). The largest absolute Gasteiger partial charge is 0.465 e. The zero-order valence-corrected chi connectivity index (χ0v) is 10.3. The molecule has 0 unspecified atom stereocenters. The first-order valence-corrected chi connectivity index (χ1v) is 5.69. The number of nitrogens with one attached hydrogen (secondary N) is 1. The zero-order valence-electron chi connectivity index (χ0n) is 10.3. The first-order chi connectivity index (χ1) is 9.29. The first-order valence-electron chi connectivity index (χ1n) is 5.69. The van der Waals surface area contributed by atoms with E-state index in [2.05, 4.69) is 15.3 Å². The molecule has 0 saturated carbocycles. The molecule has 0 aromatic rings. The van der Waals surface area contributed by atoms with Crippen molar-refractivity contribution >= 4 is 18.5 Å². The highest BCUT2D eigenvalue weighted by Crippen LogP contribution is 1.91. The number of carbonyl (C=O) groups is 1. The van der Waals surface area contributed by atoms with Crippen LogP contribution < -0.4 is 5.32 Å². The van der Waals surface area contributed by atoms with Gasteiger partial charge >= 0.3 is 6.09 Å². The van der Waals surface area contributed by atoms with Gasteiger partial charge in [0.1, 0.15) is 0 Å². The summed E-state index contributed by atoms with van der Waals surface area (Å²) in [5.74, 6) is 0. The fourth-order valence-corrected chi connectivity index (χ4v) is 1.13. The van der Waals surface area contributed by atoms with Crippen LogP contribution in [0.1, 0.15) is 6.42 Å². The van der Waals surface area contributed by atoms with Crippen LogP contribution in [0.25, 0.3) is 0 Å². The molecule has 0 aromatic carbocycles. The van der Waals surface area contributed by atoms with Gasteiger partial charge in [-0.25, -0.2) is 4.79 Å². The summed E-state index contributed by atoms with van der Waals surface area (Å²) in [6, 6.07) is 0. The van der Waals surface area contributed by atoms with Crippen LogP contribution in [0.5, 0.6) is 0 Å². The Labute approximate surface area is 111 Å². The maximum absolute atomic E-state index is 10.6. The molecule has 0 radical (unpaired) electrons. The molecule has 0 atom stereocenters. The molecule has 0 aromatic heterocycles. The SMILES string of the molecule is O=C(O)NC1=CC=CC=CC=CCC=NC=CN=C1. The lowest BCUT2D eigenvalue weighted by molar-refractivity contribution is 0.198. The Bertz CT molecular complexity index is 495. The summed E-state index contributed by atoms with van der Waals surface area (Å²) < 4.78 is 0. The van der Waals surface area contributed by atoms with Gasteiger partial charge in [-0.3, -0.25) is 15.3 Å². The summed E-state index contributed by atoms with van der Waals surface area (Å²) in [5.41, 5.74) is 0.371. The van der Waals surface area contributed by atoms with E-state index >= 15 is 0 Å². The fourth-order valence-electron chi connectivity index (χ4n) is 1.13. The Morgan fingerprint density at radius 1 is 1.11 bits per heavy atom. The minimum atomic E-state index is -1.13. The first kappa shape index (κ1) is 14.4. The quantitative estimate of drug-likeness (QED) is 0.758. The Balaban J connectivity index is 2.85. The Kier molecular flexibility index (Phi) is 7.07. The van der Waals surface area contributed by atoms with E-state index in [1.807, 2.05) is 24.3 Å². The van der Waals surface area contributed by atoms with Gasteiger partial charge in [-0.15, -0.1) is 0 Å². The van der Waals surface area contributed by atoms with E-state index in [0.29, 0.717) is 5.70 Å². The monoisotopic (exact) mass is 257 g/mol. The number of allylic oxidation sites excluding steroid dienone is 8. The summed E-state index contributed by atoms with van der Waals surface area (Å²) in [5, 5.41) is 10.9. The van der Waals surface area contributed by atoms with E-state index in [9.17, 15) is 4.79 Å². The van der Waals surface area contributed by atoms with Crippen molar-refractivity contribution in [3.8, 4) is 0 Å². The van der Waals surface area contributed by atoms with Gasteiger partial charge in [0.25, 0.3) is 0 Å². The molecule has 1 amide bonds. The number of hydrogen-bond donors (Lipinski definition) is 2. The molecule has 2 N–H and O–H groups in total. The third-order valence-corrected chi connectivity index (χ3v) is 1.91. The predicted molar refractivity (Wildman–Crippen MR) is 77.4 cm³/mol. The summed E-state index contributed by atoms with van der Waals surface area (Å²) in [6.07, 6.45) is 18.5. The molecule has 0 saturated heterocycles. The summed E-state index contributed by atoms with van der Waals surface area (Å²) >= 11 is 0. The molecule has 1 heterocycles. The van der Waals surface area contributed by atoms with Crippen molar-refractivity contribution in [1.29, 1.82) is 0 Å². The van der Waals surface area contributed by atoms with Gasteiger partial charge in [0, 0.05) is 25.0 Å². The van der Waals surface area contributed by atoms with Crippen LogP contribution >= 0.6 is 0 Å². The summed E-state index contributed by atoms with van der Waals surface area (Å²) in [4.78, 5) is 18.5. The van der Waals surface area contributed by atoms with Crippen molar-refractivity contribution in [3.05, 3.63) is 60.6 Å². The second-order valence-electron chi connectivity index (χ2n) is 3.39. The van der Waals surface area contributed by atoms with Crippen LogP contribution in [0.4, 0.5) is 4.79 Å². The van der Waals surface area contributed by atoms with Crippen molar-refractivity contribution in [3.63, 3.8) is 0 Å². The van der Waals surface area contributed by atoms with Crippen molar-refractivity contribution in [2.45, 2.75) is 6.42 Å². The van der Waals surface area contributed by atoms with Crippen LogP contribution in [-0.2, 0) is 0 Å². The predicted octanol–water partition coefficient (Wildman–Crippen LogP) is 2.82. The van der Waals surface area contributed by atoms with E-state index < -0.39 is 6.09 Å². The van der Waals surface area contributed by atoms with Crippen LogP contribution in [0, 0.1) is 0 Å². The highest BCUT2D eigenvalue weighted by Gasteiger charge is 1.96. The topological polar surface area (TPSA) is 74.0 Å². The van der Waals surface area contributed by atoms with Crippen molar-refractivity contribution < 1.29 is 9.90 Å². The number of nitrogens with zero attached hydrogens (tertiary/aromatic N) is 2. The lowest BCUT2D eigenvalue weighted by atomic mass is 10.3. The molecule has 0 aliphatic carbocycles. The van der Waals surface area contributed by atoms with E-state index in [0.717, 1.165) is 6.42 Å². The van der Waals surface area contributed by atoms with Gasteiger partial charge in [0.2, 0.25) is 0 Å². The highest BCUT2D eigenvalue weighted by molar-refractivity contribution is 5.84. The lowest BCUT2D eigenvalue weighted by Crippen LogP contribution is -2.20. The molecule has 19 heavy (non-hydrogen) atoms. The molecule has 0 spiro atoms. The maximum Gasteiger partial charge on any atom is 0.409 e. The highest BCUT2D eigenvalue weighted by atomic mass is 16.4. The Morgan fingerprint density at radius 3 is 2.68 bits per heavy atom. The maximum atomic E-state index is 10.6. The van der Waals surface area contributed by atoms with Crippen molar-refractivity contribution in [1.82, 2.24) is 5.32 Å². The van der Waals surface area contributed by atoms with Gasteiger partial charge in [0.05, 0.1) is 11.9 Å². The number of hydrogen-bond acceptors (Lipinski definition) is 3.